The van der Waals surface area contributed by atoms with Crippen LogP contribution in [0, 0.1) is 0 Å². The molecule has 12 heavy (non-hydrogen) atoms. The summed E-state index contributed by atoms with van der Waals surface area (Å²) in [7, 11) is 3.59. The van der Waals surface area contributed by atoms with E-state index in [1.807, 2.05) is 0 Å². The number of hydrogen-bond donors (Lipinski definition) is 0. The number of rotatable bonds is 4. The Bertz CT molecular complexity index is 209. The van der Waals surface area contributed by atoms with Crippen molar-refractivity contribution < 1.29 is 0 Å². The molecule has 0 unspecified atom stereocenters. The highest BCUT2D eigenvalue weighted by Gasteiger charge is 1.99. The van der Waals surface area contributed by atoms with Crippen molar-refractivity contribution in [3.63, 3.8) is 0 Å². The predicted octanol–water partition coefficient (Wildman–Crippen LogP) is 4.01. The van der Waals surface area contributed by atoms with Gasteiger partial charge in [-0.15, -0.1) is 8.86 Å². The van der Waals surface area contributed by atoms with Crippen LogP contribution in [0.2, 0.25) is 0 Å². The summed E-state index contributed by atoms with van der Waals surface area (Å²) < 4.78 is 0. The first-order valence-electron chi connectivity index (χ1n) is 4.51. The summed E-state index contributed by atoms with van der Waals surface area (Å²) in [6, 6.07) is 0. The van der Waals surface area contributed by atoms with E-state index in [4.69, 9.17) is 0 Å². The van der Waals surface area contributed by atoms with E-state index in [-0.39, 0.29) is 0 Å². The van der Waals surface area contributed by atoms with E-state index in [1.165, 1.54) is 22.9 Å². The zero-order valence-corrected chi connectivity index (χ0v) is 9.57. The molecular formula is C11H19P. The minimum absolute atomic E-state index is 1.16. The molecule has 0 amide bonds. The molecule has 0 bridgehead atoms. The van der Waals surface area contributed by atoms with Crippen LogP contribution in [0.1, 0.15) is 40.5 Å². The number of allylic oxidation sites excluding steroid dienone is 4. The Labute approximate surface area is 78.6 Å². The van der Waals surface area contributed by atoms with Gasteiger partial charge in [0.05, 0.1) is 0 Å². The zero-order chi connectivity index (χ0) is 9.56. The predicted molar refractivity (Wildman–Crippen MR) is 61.4 cm³/mol. The van der Waals surface area contributed by atoms with Crippen LogP contribution < -0.4 is 0 Å². The second-order valence-electron chi connectivity index (χ2n) is 3.04. The Hall–Kier alpha value is -0.350. The van der Waals surface area contributed by atoms with E-state index in [2.05, 4.69) is 48.7 Å². The van der Waals surface area contributed by atoms with Crippen molar-refractivity contribution in [2.75, 3.05) is 0 Å². The Balaban J connectivity index is 4.67. The molecule has 0 saturated heterocycles. The van der Waals surface area contributed by atoms with Crippen molar-refractivity contribution in [2.45, 2.75) is 40.5 Å². The van der Waals surface area contributed by atoms with Gasteiger partial charge in [-0.05, 0) is 43.6 Å². The van der Waals surface area contributed by atoms with Crippen molar-refractivity contribution >= 4 is 14.2 Å². The molecule has 0 aromatic heterocycles. The molecule has 0 aliphatic rings. The lowest BCUT2D eigenvalue weighted by molar-refractivity contribution is 0.929. The summed E-state index contributed by atoms with van der Waals surface area (Å²) >= 11 is 0. The quantitative estimate of drug-likeness (QED) is 0.455. The first-order valence-corrected chi connectivity index (χ1v) is 5.01. The highest BCUT2D eigenvalue weighted by molar-refractivity contribution is 7.22. The molecule has 0 aliphatic carbocycles. The van der Waals surface area contributed by atoms with Crippen LogP contribution in [0.25, 0.3) is 0 Å². The summed E-state index contributed by atoms with van der Waals surface area (Å²) in [6.07, 6.45) is 6.60. The van der Waals surface area contributed by atoms with Gasteiger partial charge in [0.15, 0.2) is 0 Å². The van der Waals surface area contributed by atoms with Crippen molar-refractivity contribution in [1.29, 1.82) is 0 Å². The van der Waals surface area contributed by atoms with Crippen LogP contribution >= 0.6 is 8.86 Å². The fourth-order valence-electron chi connectivity index (χ4n) is 1.28. The Kier molecular flexibility index (Phi) is 6.02. The molecular weight excluding hydrogens is 163 g/mol. The van der Waals surface area contributed by atoms with E-state index >= 15 is 0 Å². The van der Waals surface area contributed by atoms with E-state index < -0.39 is 0 Å². The Morgan fingerprint density at radius 1 is 1.33 bits per heavy atom. The molecule has 0 saturated carbocycles. The van der Waals surface area contributed by atoms with Crippen LogP contribution in [0.3, 0.4) is 0 Å². The molecule has 0 heterocycles. The largest absolute Gasteiger partial charge is 0.119 e. The molecule has 0 spiro atoms. The summed E-state index contributed by atoms with van der Waals surface area (Å²) in [5.41, 5.74) is 2.80. The highest BCUT2D eigenvalue weighted by Crippen LogP contribution is 2.14. The minimum Gasteiger partial charge on any atom is -0.119 e. The molecule has 0 aromatic rings. The smallest absolute Gasteiger partial charge is 0.0273 e. The Morgan fingerprint density at radius 3 is 2.25 bits per heavy atom. The van der Waals surface area contributed by atoms with Gasteiger partial charge in [-0.25, -0.2) is 0 Å². The fourth-order valence-corrected chi connectivity index (χ4v) is 1.60. The summed E-state index contributed by atoms with van der Waals surface area (Å²) in [5, 5.41) is 1.26. The summed E-state index contributed by atoms with van der Waals surface area (Å²) in [5.74, 6) is 0. The van der Waals surface area contributed by atoms with E-state index in [0.717, 1.165) is 6.42 Å². The van der Waals surface area contributed by atoms with Crippen LogP contribution in [-0.2, 0) is 0 Å². The molecule has 1 heteroatoms. The van der Waals surface area contributed by atoms with Gasteiger partial charge >= 0.3 is 0 Å². The molecule has 0 rings (SSSR count). The third-order valence-electron chi connectivity index (χ3n) is 1.85. The second kappa shape index (κ2) is 6.20. The van der Waals surface area contributed by atoms with Crippen molar-refractivity contribution in [2.24, 2.45) is 0 Å². The fraction of sp³-hybridized carbons (Fsp3) is 0.545. The normalized spacial score (nSPS) is 13.3. The standard InChI is InChI=1S/C11H19P/c1-5-7-9(3)11(8-6-2)10(4)12/h5,7,12H,6,8H2,1-4H3/b7-5-,11-9+. The van der Waals surface area contributed by atoms with Gasteiger partial charge in [-0.2, -0.15) is 0 Å². The third-order valence-corrected chi connectivity index (χ3v) is 2.15. The summed E-state index contributed by atoms with van der Waals surface area (Å²) in [6.45, 7) is 8.53. The lowest BCUT2D eigenvalue weighted by Crippen LogP contribution is -1.96. The minimum atomic E-state index is 1.16. The Morgan fingerprint density at radius 2 is 1.92 bits per heavy atom. The third kappa shape index (κ3) is 3.88. The van der Waals surface area contributed by atoms with E-state index in [9.17, 15) is 0 Å². The van der Waals surface area contributed by atoms with Crippen molar-refractivity contribution in [3.05, 3.63) is 23.3 Å². The topological polar surface area (TPSA) is 0 Å². The molecule has 0 atom stereocenters. The molecule has 0 aliphatic heterocycles. The molecule has 68 valence electrons. The van der Waals surface area contributed by atoms with Gasteiger partial charge in [-0.1, -0.05) is 25.5 Å². The van der Waals surface area contributed by atoms with Crippen LogP contribution in [0.5, 0.6) is 0 Å². The summed E-state index contributed by atoms with van der Waals surface area (Å²) in [4.78, 5) is 0. The van der Waals surface area contributed by atoms with Gasteiger partial charge in [-0.3, -0.25) is 0 Å². The maximum absolute atomic E-state index is 3.59. The maximum Gasteiger partial charge on any atom is -0.0273 e. The average molecular weight is 182 g/mol. The SMILES string of the molecule is C/C=C\C(C)=C(/CCC)C(C)=P. The maximum atomic E-state index is 3.59. The van der Waals surface area contributed by atoms with Crippen molar-refractivity contribution in [1.82, 2.24) is 0 Å². The van der Waals surface area contributed by atoms with Gasteiger partial charge in [0.25, 0.3) is 0 Å². The van der Waals surface area contributed by atoms with Crippen LogP contribution in [0.15, 0.2) is 23.3 Å². The van der Waals surface area contributed by atoms with Gasteiger partial charge in [0, 0.05) is 0 Å². The molecule has 0 fully saturated rings. The van der Waals surface area contributed by atoms with Gasteiger partial charge < -0.3 is 0 Å². The first-order chi connectivity index (χ1) is 5.63. The zero-order valence-electron chi connectivity index (χ0n) is 8.57. The molecule has 0 radical (unpaired) electrons. The van der Waals surface area contributed by atoms with Gasteiger partial charge in [0.2, 0.25) is 0 Å². The number of hydrogen-bond acceptors (Lipinski definition) is 0. The molecule has 0 N–H and O–H groups in total. The van der Waals surface area contributed by atoms with Crippen molar-refractivity contribution in [3.8, 4) is 0 Å². The van der Waals surface area contributed by atoms with E-state index in [1.54, 1.807) is 0 Å². The first kappa shape index (κ1) is 11.6. The van der Waals surface area contributed by atoms with Crippen LogP contribution in [0.4, 0.5) is 0 Å². The highest BCUT2D eigenvalue weighted by atomic mass is 31.0. The van der Waals surface area contributed by atoms with E-state index in [0.29, 0.717) is 0 Å². The van der Waals surface area contributed by atoms with Crippen LogP contribution in [-0.4, -0.2) is 5.29 Å². The van der Waals surface area contributed by atoms with Gasteiger partial charge in [0.1, 0.15) is 0 Å². The average Bonchev–Trinajstić information content (AvgIpc) is 1.99. The monoisotopic (exact) mass is 182 g/mol. The lowest BCUT2D eigenvalue weighted by Gasteiger charge is -2.07. The lowest BCUT2D eigenvalue weighted by atomic mass is 10.0. The second-order valence-corrected chi connectivity index (χ2v) is 3.79. The molecule has 0 aromatic carbocycles. The molecule has 0 nitrogen and oxygen atoms in total.